The van der Waals surface area contributed by atoms with Crippen LogP contribution in [-0.4, -0.2) is 19.9 Å². The molecule has 2 aromatic heterocycles. The van der Waals surface area contributed by atoms with Crippen molar-refractivity contribution < 1.29 is 8.78 Å². The van der Waals surface area contributed by atoms with Crippen LogP contribution in [0.4, 0.5) is 8.78 Å². The quantitative estimate of drug-likeness (QED) is 0.226. The highest BCUT2D eigenvalue weighted by Gasteiger charge is 2.16. The lowest BCUT2D eigenvalue weighted by Crippen LogP contribution is -2.02. The van der Waals surface area contributed by atoms with Gasteiger partial charge in [-0.1, -0.05) is 59.7 Å². The summed E-state index contributed by atoms with van der Waals surface area (Å²) in [7, 11) is 0. The molecule has 40 heavy (non-hydrogen) atoms. The molecule has 0 aliphatic carbocycles. The van der Waals surface area contributed by atoms with Crippen LogP contribution in [-0.2, 0) is 0 Å². The average molecular weight is 527 g/mol. The Morgan fingerprint density at radius 1 is 0.375 bits per heavy atom. The molecule has 0 atom stereocenters. The molecule has 194 valence electrons. The van der Waals surface area contributed by atoms with Gasteiger partial charge in [0.2, 0.25) is 0 Å². The Morgan fingerprint density at radius 2 is 0.625 bits per heavy atom. The predicted octanol–water partition coefficient (Wildman–Crippen LogP) is 8.50. The minimum absolute atomic E-state index is 0.324. The third-order valence-corrected chi connectivity index (χ3v) is 6.63. The molecule has 0 spiro atoms. The smallest absolute Gasteiger partial charge is 0.198 e. The summed E-state index contributed by atoms with van der Waals surface area (Å²) in [5.74, 6) is 0.00849. The van der Waals surface area contributed by atoms with Crippen molar-refractivity contribution in [2.24, 2.45) is 0 Å². The standard InChI is InChI=1S/C34H24F2N4/c1-21-3-7-23(8-4-21)29-19-31(25-11-15-27(35)16-12-25)39-33(37-29)34-38-30(24-9-5-22(2)6-10-24)20-32(40-34)26-13-17-28(36)18-14-26/h3-20H,1-2H3. The molecular formula is C34H24F2N4. The fraction of sp³-hybridized carbons (Fsp3) is 0.0588. The van der Waals surface area contributed by atoms with Crippen molar-refractivity contribution in [2.45, 2.75) is 13.8 Å². The zero-order chi connectivity index (χ0) is 27.6. The maximum absolute atomic E-state index is 13.7. The highest BCUT2D eigenvalue weighted by atomic mass is 19.1. The SMILES string of the molecule is Cc1ccc(-c2cc(-c3ccc(F)cc3)nc(-c3nc(-c4ccc(C)cc4)cc(-c4ccc(F)cc4)n3)n2)cc1. The van der Waals surface area contributed by atoms with Gasteiger partial charge in [-0.2, -0.15) is 0 Å². The molecular weight excluding hydrogens is 502 g/mol. The van der Waals surface area contributed by atoms with Crippen LogP contribution in [0.5, 0.6) is 0 Å². The molecule has 6 heteroatoms. The summed E-state index contributed by atoms with van der Waals surface area (Å²) in [5, 5.41) is 0. The maximum Gasteiger partial charge on any atom is 0.198 e. The van der Waals surface area contributed by atoms with Crippen LogP contribution >= 0.6 is 0 Å². The van der Waals surface area contributed by atoms with E-state index in [0.717, 1.165) is 33.4 Å². The second-order valence-corrected chi connectivity index (χ2v) is 9.67. The molecule has 0 saturated heterocycles. The molecule has 0 N–H and O–H groups in total. The lowest BCUT2D eigenvalue weighted by molar-refractivity contribution is 0.627. The second kappa shape index (κ2) is 10.6. The number of halogens is 2. The molecule has 0 aliphatic rings. The second-order valence-electron chi connectivity index (χ2n) is 9.67. The van der Waals surface area contributed by atoms with Crippen molar-refractivity contribution in [3.05, 3.63) is 132 Å². The van der Waals surface area contributed by atoms with Crippen molar-refractivity contribution in [1.82, 2.24) is 19.9 Å². The summed E-state index contributed by atoms with van der Waals surface area (Å²) >= 11 is 0. The van der Waals surface area contributed by atoms with E-state index in [0.29, 0.717) is 34.4 Å². The molecule has 4 nitrogen and oxygen atoms in total. The van der Waals surface area contributed by atoms with E-state index in [2.05, 4.69) is 0 Å². The van der Waals surface area contributed by atoms with Gasteiger partial charge in [0.1, 0.15) is 11.6 Å². The van der Waals surface area contributed by atoms with E-state index < -0.39 is 0 Å². The van der Waals surface area contributed by atoms with Gasteiger partial charge in [0.25, 0.3) is 0 Å². The third kappa shape index (κ3) is 5.38. The van der Waals surface area contributed by atoms with Crippen LogP contribution in [0.3, 0.4) is 0 Å². The molecule has 2 heterocycles. The van der Waals surface area contributed by atoms with E-state index in [1.54, 1.807) is 24.3 Å². The largest absolute Gasteiger partial charge is 0.225 e. The first-order valence-electron chi connectivity index (χ1n) is 12.9. The Kier molecular flexibility index (Phi) is 6.66. The molecule has 0 radical (unpaired) electrons. The van der Waals surface area contributed by atoms with Crippen molar-refractivity contribution in [1.29, 1.82) is 0 Å². The Bertz CT molecular complexity index is 1530. The molecule has 4 aromatic carbocycles. The Hall–Kier alpha value is -5.10. The van der Waals surface area contributed by atoms with Crippen molar-refractivity contribution in [2.75, 3.05) is 0 Å². The first-order chi connectivity index (χ1) is 19.4. The lowest BCUT2D eigenvalue weighted by Gasteiger charge is -2.12. The normalized spacial score (nSPS) is 11.0. The molecule has 0 fully saturated rings. The molecule has 6 aromatic rings. The van der Waals surface area contributed by atoms with Gasteiger partial charge in [-0.05, 0) is 74.5 Å². The van der Waals surface area contributed by atoms with Gasteiger partial charge >= 0.3 is 0 Å². The van der Waals surface area contributed by atoms with Crippen LogP contribution < -0.4 is 0 Å². The summed E-state index contributed by atoms with van der Waals surface area (Å²) < 4.78 is 27.4. The lowest BCUT2D eigenvalue weighted by atomic mass is 10.1. The minimum Gasteiger partial charge on any atom is -0.225 e. The summed E-state index contributed by atoms with van der Waals surface area (Å²) in [6.07, 6.45) is 0. The zero-order valence-electron chi connectivity index (χ0n) is 21.9. The van der Waals surface area contributed by atoms with Crippen molar-refractivity contribution >= 4 is 0 Å². The summed E-state index contributed by atoms with van der Waals surface area (Å²) in [4.78, 5) is 19.4. The van der Waals surface area contributed by atoms with E-state index in [9.17, 15) is 8.78 Å². The number of rotatable bonds is 5. The van der Waals surface area contributed by atoms with E-state index in [-0.39, 0.29) is 11.6 Å². The number of benzene rings is 4. The number of aryl methyl sites for hydroxylation is 2. The first-order valence-corrected chi connectivity index (χ1v) is 12.9. The van der Waals surface area contributed by atoms with Crippen LogP contribution in [0.2, 0.25) is 0 Å². The minimum atomic E-state index is -0.324. The number of nitrogens with zero attached hydrogens (tertiary/aromatic N) is 4. The van der Waals surface area contributed by atoms with Gasteiger partial charge in [-0.3, -0.25) is 0 Å². The van der Waals surface area contributed by atoms with E-state index >= 15 is 0 Å². The van der Waals surface area contributed by atoms with Crippen molar-refractivity contribution in [3.63, 3.8) is 0 Å². The highest BCUT2D eigenvalue weighted by Crippen LogP contribution is 2.30. The molecule has 0 aliphatic heterocycles. The fourth-order valence-corrected chi connectivity index (χ4v) is 4.38. The fourth-order valence-electron chi connectivity index (χ4n) is 4.38. The monoisotopic (exact) mass is 526 g/mol. The van der Waals surface area contributed by atoms with Crippen LogP contribution in [0.25, 0.3) is 56.7 Å². The highest BCUT2D eigenvalue weighted by molar-refractivity contribution is 5.73. The van der Waals surface area contributed by atoms with Gasteiger partial charge in [0.15, 0.2) is 11.6 Å². The molecule has 0 amide bonds. The molecule has 0 unspecified atom stereocenters. The third-order valence-electron chi connectivity index (χ3n) is 6.63. The Morgan fingerprint density at radius 3 is 0.900 bits per heavy atom. The summed E-state index contributed by atoms with van der Waals surface area (Å²) in [6.45, 7) is 4.06. The maximum atomic E-state index is 13.7. The van der Waals surface area contributed by atoms with Crippen LogP contribution in [0, 0.1) is 25.5 Å². The van der Waals surface area contributed by atoms with Crippen molar-refractivity contribution in [3.8, 4) is 56.7 Å². The topological polar surface area (TPSA) is 51.6 Å². The summed E-state index contributed by atoms with van der Waals surface area (Å²) in [5.41, 5.74) is 8.19. The first kappa shape index (κ1) is 25.2. The molecule has 0 saturated carbocycles. The summed E-state index contributed by atoms with van der Waals surface area (Å²) in [6, 6.07) is 32.3. The number of hydrogen-bond acceptors (Lipinski definition) is 4. The van der Waals surface area contributed by atoms with Crippen LogP contribution in [0.1, 0.15) is 11.1 Å². The van der Waals surface area contributed by atoms with Gasteiger partial charge in [0, 0.05) is 22.3 Å². The average Bonchev–Trinajstić information content (AvgIpc) is 2.98. The van der Waals surface area contributed by atoms with Crippen LogP contribution in [0.15, 0.2) is 109 Å². The van der Waals surface area contributed by atoms with Gasteiger partial charge < -0.3 is 0 Å². The number of hydrogen-bond donors (Lipinski definition) is 0. The predicted molar refractivity (Wildman–Crippen MR) is 154 cm³/mol. The van der Waals surface area contributed by atoms with Gasteiger partial charge in [0.05, 0.1) is 22.8 Å². The van der Waals surface area contributed by atoms with E-state index in [1.165, 1.54) is 24.3 Å². The van der Waals surface area contributed by atoms with Gasteiger partial charge in [-0.15, -0.1) is 0 Å². The zero-order valence-corrected chi connectivity index (χ0v) is 21.9. The Balaban J connectivity index is 1.57. The molecule has 6 rings (SSSR count). The van der Waals surface area contributed by atoms with E-state index in [4.69, 9.17) is 19.9 Å². The van der Waals surface area contributed by atoms with Gasteiger partial charge in [-0.25, -0.2) is 28.7 Å². The van der Waals surface area contributed by atoms with E-state index in [1.807, 2.05) is 74.5 Å². The Labute approximate surface area is 231 Å². The number of aromatic nitrogens is 4. The molecule has 0 bridgehead atoms.